The Kier molecular flexibility index (Phi) is 13.3. The number of nitrogens with two attached hydrogens (primary N) is 1. The monoisotopic (exact) mass is 513 g/mol. The topological polar surface area (TPSA) is 111 Å². The molecule has 1 aromatic carbocycles. The van der Waals surface area contributed by atoms with E-state index in [-0.39, 0.29) is 28.6 Å². The van der Waals surface area contributed by atoms with E-state index in [1.165, 1.54) is 45.2 Å². The molecule has 196 valence electrons. The lowest BCUT2D eigenvalue weighted by molar-refractivity contribution is -0.112. The van der Waals surface area contributed by atoms with Gasteiger partial charge in [0, 0.05) is 38.1 Å². The average molecular weight is 514 g/mol. The fraction of sp³-hybridized carbons (Fsp3) is 0.440. The molecule has 0 aromatic heterocycles. The largest absolute Gasteiger partial charge is 0.388 e. The Morgan fingerprint density at radius 3 is 2.40 bits per heavy atom. The maximum Gasteiger partial charge on any atom is 0.255 e. The first kappa shape index (κ1) is 32.1. The highest BCUT2D eigenvalue weighted by atomic mass is 32.2. The van der Waals surface area contributed by atoms with Gasteiger partial charge in [-0.1, -0.05) is 20.4 Å². The first-order valence-corrected chi connectivity index (χ1v) is 12.5. The number of allylic oxidation sites excluding steroid dienone is 3. The van der Waals surface area contributed by atoms with Gasteiger partial charge in [-0.15, -0.1) is 0 Å². The predicted octanol–water partition coefficient (Wildman–Crippen LogP) is 4.72. The first-order valence-electron chi connectivity index (χ1n) is 10.9. The van der Waals surface area contributed by atoms with Crippen LogP contribution >= 0.6 is 0 Å². The van der Waals surface area contributed by atoms with Crippen LogP contribution in [0.3, 0.4) is 0 Å². The van der Waals surface area contributed by atoms with Crippen molar-refractivity contribution in [1.82, 2.24) is 0 Å². The number of carbonyl (C=O) groups is 1. The Balaban J connectivity index is 0.00000365. The molecule has 1 atom stereocenters. The summed E-state index contributed by atoms with van der Waals surface area (Å²) in [5.74, 6) is -2.55. The third-order valence-corrected chi connectivity index (χ3v) is 7.56. The van der Waals surface area contributed by atoms with Gasteiger partial charge in [-0.2, -0.15) is 0 Å². The number of benzene rings is 1. The normalized spacial score (nSPS) is 13.7. The Hall–Kier alpha value is -2.85. The molecule has 0 bridgehead atoms. The highest BCUT2D eigenvalue weighted by Crippen LogP contribution is 2.25. The summed E-state index contributed by atoms with van der Waals surface area (Å²) in [5.41, 5.74) is 5.72. The van der Waals surface area contributed by atoms with E-state index in [2.05, 4.69) is 21.6 Å². The van der Waals surface area contributed by atoms with Crippen LogP contribution < -0.4 is 11.1 Å². The highest BCUT2D eigenvalue weighted by Gasteiger charge is 2.38. The van der Waals surface area contributed by atoms with Crippen molar-refractivity contribution in [3.8, 4) is 0 Å². The van der Waals surface area contributed by atoms with Crippen molar-refractivity contribution >= 4 is 27.3 Å². The number of sulfone groups is 1. The Morgan fingerprint density at radius 1 is 1.31 bits per heavy atom. The molecule has 0 heterocycles. The third kappa shape index (κ3) is 10.1. The second kappa shape index (κ2) is 14.5. The number of anilines is 1. The summed E-state index contributed by atoms with van der Waals surface area (Å²) in [7, 11) is 0.698. The van der Waals surface area contributed by atoms with Gasteiger partial charge in [-0.25, -0.2) is 17.2 Å². The molecule has 1 amide bonds. The summed E-state index contributed by atoms with van der Waals surface area (Å²) in [6.07, 6.45) is 4.58. The minimum Gasteiger partial charge on any atom is -0.388 e. The van der Waals surface area contributed by atoms with Gasteiger partial charge in [-0.3, -0.25) is 9.79 Å². The summed E-state index contributed by atoms with van der Waals surface area (Å²) in [5, 5.41) is 2.50. The van der Waals surface area contributed by atoms with Gasteiger partial charge in [0.15, 0.2) is 9.84 Å². The van der Waals surface area contributed by atoms with E-state index in [0.717, 1.165) is 18.6 Å². The van der Waals surface area contributed by atoms with Crippen molar-refractivity contribution in [1.29, 1.82) is 0 Å². The molecule has 35 heavy (non-hydrogen) atoms. The molecule has 0 saturated carbocycles. The van der Waals surface area contributed by atoms with Crippen molar-refractivity contribution in [2.24, 2.45) is 16.6 Å². The lowest BCUT2D eigenvalue weighted by atomic mass is 10.1. The fourth-order valence-corrected chi connectivity index (χ4v) is 3.89. The molecule has 7 nitrogen and oxygen atoms in total. The fourth-order valence-electron chi connectivity index (χ4n) is 2.49. The molecule has 0 spiro atoms. The second-order valence-corrected chi connectivity index (χ2v) is 10.9. The minimum atomic E-state index is -3.92. The number of amidine groups is 1. The zero-order valence-electron chi connectivity index (χ0n) is 21.5. The summed E-state index contributed by atoms with van der Waals surface area (Å²) < 4.78 is 56.4. The number of aliphatic imine (C=N–C) groups is 1. The van der Waals surface area contributed by atoms with Crippen molar-refractivity contribution in [2.45, 2.75) is 44.6 Å². The second-order valence-electron chi connectivity index (χ2n) is 8.34. The van der Waals surface area contributed by atoms with Crippen LogP contribution in [-0.4, -0.2) is 46.2 Å². The van der Waals surface area contributed by atoms with E-state index in [1.807, 2.05) is 13.8 Å². The van der Waals surface area contributed by atoms with E-state index in [4.69, 9.17) is 5.73 Å². The van der Waals surface area contributed by atoms with E-state index >= 15 is 0 Å². The number of hydrogen-bond acceptors (Lipinski definition) is 5. The quantitative estimate of drug-likeness (QED) is 0.204. The zero-order valence-corrected chi connectivity index (χ0v) is 22.3. The Bertz CT molecular complexity index is 1080. The van der Waals surface area contributed by atoms with Gasteiger partial charge in [0.1, 0.15) is 22.2 Å². The molecular formula is C25H37F2N3O4S. The number of nitrogens with zero attached hydrogens (tertiary/aromatic N) is 1. The van der Waals surface area contributed by atoms with E-state index < -0.39 is 37.9 Å². The lowest BCUT2D eigenvalue weighted by Crippen LogP contribution is -2.46. The average Bonchev–Trinajstić information content (AvgIpc) is 2.78. The smallest absolute Gasteiger partial charge is 0.255 e. The van der Waals surface area contributed by atoms with Crippen LogP contribution in [0.2, 0.25) is 0 Å². The number of methoxy groups -OCH3 is 1. The van der Waals surface area contributed by atoms with Gasteiger partial charge in [0.25, 0.3) is 5.91 Å². The number of hydrogen-bond donors (Lipinski definition) is 2. The predicted molar refractivity (Wildman–Crippen MR) is 139 cm³/mol. The Labute approximate surface area is 207 Å². The minimum absolute atomic E-state index is 0.0238. The van der Waals surface area contributed by atoms with Crippen LogP contribution in [0.15, 0.2) is 59.4 Å². The number of carbonyl (C=O) groups excluding carboxylic acids is 1. The van der Waals surface area contributed by atoms with Gasteiger partial charge in [0.2, 0.25) is 0 Å². The molecule has 1 aromatic rings. The lowest BCUT2D eigenvalue weighted by Gasteiger charge is -2.24. The number of ether oxygens (including phenoxy) is 1. The number of halogens is 2. The van der Waals surface area contributed by atoms with Crippen LogP contribution in [-0.2, 0) is 25.1 Å². The summed E-state index contributed by atoms with van der Waals surface area (Å²) in [4.78, 5) is 16.1. The zero-order chi connectivity index (χ0) is 27.4. The Morgan fingerprint density at radius 2 is 1.89 bits per heavy atom. The van der Waals surface area contributed by atoms with Crippen LogP contribution in [0, 0.1) is 11.7 Å². The molecule has 0 aliphatic rings. The molecule has 0 aliphatic heterocycles. The standard InChI is InChI=1S/C23H31F2N3O3S.C2H6O/c1-7-15(2)12-18(24)9-8-16(3)21(29)28-19-10-11-20(25)17(13-19)14-32(30,31)23(4,5)22(26)27-6;1-3-2/h8-13,15H,3,7,14H2,1-2,4-6H3,(H2,26,27)(H,28,29);1-2H3/b9-8-,18-12+;. The van der Waals surface area contributed by atoms with Crippen LogP contribution in [0.5, 0.6) is 0 Å². The summed E-state index contributed by atoms with van der Waals surface area (Å²) in [6.45, 7) is 10.2. The molecule has 0 fully saturated rings. The molecule has 3 N–H and O–H groups in total. The molecule has 1 unspecified atom stereocenters. The summed E-state index contributed by atoms with van der Waals surface area (Å²) in [6, 6.07) is 3.56. The first-order chi connectivity index (χ1) is 16.2. The van der Waals surface area contributed by atoms with Gasteiger partial charge in [0.05, 0.1) is 5.75 Å². The SMILES string of the molecule is C=C(/C=C\C(F)=C/C(C)CC)C(=O)Nc1ccc(F)c(CS(=O)(=O)C(C)(C)C(N)=NC)c1.COC. The van der Waals surface area contributed by atoms with Crippen LogP contribution in [0.1, 0.15) is 39.7 Å². The van der Waals surface area contributed by atoms with E-state index in [0.29, 0.717) is 0 Å². The maximum atomic E-state index is 14.3. The molecule has 1 rings (SSSR count). The maximum absolute atomic E-state index is 14.3. The number of nitrogens with one attached hydrogen (secondary N) is 1. The molecule has 0 radical (unpaired) electrons. The molecule has 0 aliphatic carbocycles. The van der Waals surface area contributed by atoms with Gasteiger partial charge >= 0.3 is 0 Å². The van der Waals surface area contributed by atoms with Crippen molar-refractivity contribution < 1.29 is 26.7 Å². The molecule has 0 saturated heterocycles. The van der Waals surface area contributed by atoms with Crippen molar-refractivity contribution in [2.75, 3.05) is 26.6 Å². The van der Waals surface area contributed by atoms with Gasteiger partial charge in [-0.05, 0) is 62.6 Å². The third-order valence-electron chi connectivity index (χ3n) is 5.11. The van der Waals surface area contributed by atoms with Crippen molar-refractivity contribution in [3.05, 3.63) is 65.8 Å². The highest BCUT2D eigenvalue weighted by molar-refractivity contribution is 7.92. The van der Waals surface area contributed by atoms with E-state index in [9.17, 15) is 22.0 Å². The van der Waals surface area contributed by atoms with Gasteiger partial charge < -0.3 is 15.8 Å². The molecular weight excluding hydrogens is 476 g/mol. The number of rotatable bonds is 10. The van der Waals surface area contributed by atoms with Crippen LogP contribution in [0.4, 0.5) is 14.5 Å². The van der Waals surface area contributed by atoms with Crippen molar-refractivity contribution in [3.63, 3.8) is 0 Å². The van der Waals surface area contributed by atoms with E-state index in [1.54, 1.807) is 14.2 Å². The summed E-state index contributed by atoms with van der Waals surface area (Å²) >= 11 is 0. The molecule has 10 heteroatoms. The number of amides is 1. The van der Waals surface area contributed by atoms with Crippen LogP contribution in [0.25, 0.3) is 0 Å².